The van der Waals surface area contributed by atoms with E-state index in [1.807, 2.05) is 12.3 Å². The maximum Gasteiger partial charge on any atom is 0.130 e. The number of thioether (sulfide) groups is 1. The Bertz CT molecular complexity index is 309. The summed E-state index contributed by atoms with van der Waals surface area (Å²) in [7, 11) is 0. The van der Waals surface area contributed by atoms with Gasteiger partial charge >= 0.3 is 0 Å². The molecule has 4 nitrogen and oxygen atoms in total. The second-order valence-corrected chi connectivity index (χ2v) is 4.44. The maximum atomic E-state index is 8.89. The number of hydrogen-bond donors (Lipinski definition) is 2. The maximum absolute atomic E-state index is 8.89. The van der Waals surface area contributed by atoms with Gasteiger partial charge in [-0.1, -0.05) is 13.3 Å². The molecule has 0 fully saturated rings. The first kappa shape index (κ1) is 13.3. The molecule has 0 aliphatic carbocycles. The Hall–Kier alpha value is -0.810. The summed E-state index contributed by atoms with van der Waals surface area (Å²) in [6.45, 7) is 3.23. The average Bonchev–Trinajstić information content (AvgIpc) is 2.34. The van der Waals surface area contributed by atoms with Crippen LogP contribution < -0.4 is 5.32 Å². The van der Waals surface area contributed by atoms with Crippen LogP contribution in [-0.2, 0) is 0 Å². The van der Waals surface area contributed by atoms with Gasteiger partial charge in [-0.15, -0.1) is 11.8 Å². The van der Waals surface area contributed by atoms with Crippen molar-refractivity contribution in [2.45, 2.75) is 24.8 Å². The van der Waals surface area contributed by atoms with Gasteiger partial charge in [-0.3, -0.25) is 0 Å². The summed E-state index contributed by atoms with van der Waals surface area (Å²) in [6.07, 6.45) is 5.46. The quantitative estimate of drug-likeness (QED) is 0.565. The molecule has 1 aromatic heterocycles. The fraction of sp³-hybridized carbons (Fsp3) is 0.636. The minimum Gasteiger partial charge on any atom is -0.396 e. The Morgan fingerprint density at radius 3 is 2.94 bits per heavy atom. The third-order valence-corrected chi connectivity index (χ3v) is 3.18. The molecule has 16 heavy (non-hydrogen) atoms. The molecule has 1 rings (SSSR count). The van der Waals surface area contributed by atoms with Gasteiger partial charge in [0.1, 0.15) is 17.2 Å². The first-order valence-electron chi connectivity index (χ1n) is 5.50. The Morgan fingerprint density at radius 1 is 1.50 bits per heavy atom. The predicted molar refractivity (Wildman–Crippen MR) is 67.8 cm³/mol. The van der Waals surface area contributed by atoms with E-state index in [0.29, 0.717) is 5.92 Å². The fourth-order valence-corrected chi connectivity index (χ4v) is 1.81. The highest BCUT2D eigenvalue weighted by molar-refractivity contribution is 7.98. The molecule has 0 saturated carbocycles. The van der Waals surface area contributed by atoms with Crippen molar-refractivity contribution in [1.29, 1.82) is 0 Å². The Morgan fingerprint density at radius 2 is 2.31 bits per heavy atom. The fourth-order valence-electron chi connectivity index (χ4n) is 1.43. The van der Waals surface area contributed by atoms with E-state index in [0.717, 1.165) is 30.2 Å². The van der Waals surface area contributed by atoms with E-state index >= 15 is 0 Å². The van der Waals surface area contributed by atoms with Crippen molar-refractivity contribution in [2.24, 2.45) is 5.92 Å². The molecule has 0 aromatic carbocycles. The summed E-state index contributed by atoms with van der Waals surface area (Å²) in [5, 5.41) is 13.1. The van der Waals surface area contributed by atoms with Crippen LogP contribution in [-0.4, -0.2) is 34.5 Å². The van der Waals surface area contributed by atoms with Gasteiger partial charge < -0.3 is 10.4 Å². The highest BCUT2D eigenvalue weighted by Crippen LogP contribution is 2.15. The van der Waals surface area contributed by atoms with Crippen LogP contribution in [0.5, 0.6) is 0 Å². The number of hydrogen-bond acceptors (Lipinski definition) is 5. The van der Waals surface area contributed by atoms with Gasteiger partial charge in [-0.25, -0.2) is 9.97 Å². The third-order valence-electron chi connectivity index (χ3n) is 2.54. The predicted octanol–water partition coefficient (Wildman–Crippen LogP) is 2.02. The van der Waals surface area contributed by atoms with Gasteiger partial charge in [0.05, 0.1) is 0 Å². The van der Waals surface area contributed by atoms with Gasteiger partial charge in [0.15, 0.2) is 0 Å². The number of anilines is 1. The molecule has 0 aliphatic rings. The molecule has 0 radical (unpaired) electrons. The monoisotopic (exact) mass is 241 g/mol. The van der Waals surface area contributed by atoms with E-state index in [1.54, 1.807) is 18.1 Å². The number of aromatic nitrogens is 2. The van der Waals surface area contributed by atoms with Crippen molar-refractivity contribution >= 4 is 17.6 Å². The molecule has 0 saturated heterocycles. The third kappa shape index (κ3) is 4.37. The number of nitrogens with zero attached hydrogens (tertiary/aromatic N) is 2. The SMILES string of the molecule is CCC(CCO)CNc1cc(SC)ncn1. The van der Waals surface area contributed by atoms with Crippen molar-refractivity contribution < 1.29 is 5.11 Å². The van der Waals surface area contributed by atoms with Crippen LogP contribution >= 0.6 is 11.8 Å². The zero-order valence-electron chi connectivity index (χ0n) is 9.81. The minimum absolute atomic E-state index is 0.250. The van der Waals surface area contributed by atoms with Gasteiger partial charge in [-0.05, 0) is 18.6 Å². The summed E-state index contributed by atoms with van der Waals surface area (Å²) in [6, 6.07) is 1.94. The molecule has 0 bridgehead atoms. The smallest absolute Gasteiger partial charge is 0.130 e. The van der Waals surface area contributed by atoms with Crippen molar-refractivity contribution in [3.8, 4) is 0 Å². The molecule has 1 atom stereocenters. The molecular formula is C11H19N3OS. The van der Waals surface area contributed by atoms with Gasteiger partial charge in [0.2, 0.25) is 0 Å². The van der Waals surface area contributed by atoms with Crippen LogP contribution in [0.4, 0.5) is 5.82 Å². The summed E-state index contributed by atoms with van der Waals surface area (Å²) in [5.41, 5.74) is 0. The lowest BCUT2D eigenvalue weighted by Gasteiger charge is -2.14. The first-order chi connectivity index (χ1) is 7.80. The molecule has 1 heterocycles. The van der Waals surface area contributed by atoms with Crippen molar-refractivity contribution in [2.75, 3.05) is 24.7 Å². The van der Waals surface area contributed by atoms with E-state index in [9.17, 15) is 0 Å². The lowest BCUT2D eigenvalue weighted by Crippen LogP contribution is -2.15. The first-order valence-corrected chi connectivity index (χ1v) is 6.73. The number of aliphatic hydroxyl groups is 1. The Kier molecular flexibility index (Phi) is 6.18. The van der Waals surface area contributed by atoms with Gasteiger partial charge in [0, 0.05) is 19.2 Å². The van der Waals surface area contributed by atoms with Gasteiger partial charge in [0.25, 0.3) is 0 Å². The minimum atomic E-state index is 0.250. The Labute approximate surface area is 101 Å². The Balaban J connectivity index is 2.46. The standard InChI is InChI=1S/C11H19N3OS/c1-3-9(4-5-15)7-12-10-6-11(16-2)14-8-13-10/h6,8-9,15H,3-5,7H2,1-2H3,(H,12,13,14). The molecule has 0 aliphatic heterocycles. The van der Waals surface area contributed by atoms with Crippen molar-refractivity contribution in [3.63, 3.8) is 0 Å². The van der Waals surface area contributed by atoms with Crippen molar-refractivity contribution in [1.82, 2.24) is 9.97 Å². The molecule has 2 N–H and O–H groups in total. The van der Waals surface area contributed by atoms with Crippen LogP contribution in [0.15, 0.2) is 17.4 Å². The average molecular weight is 241 g/mol. The highest BCUT2D eigenvalue weighted by atomic mass is 32.2. The second kappa shape index (κ2) is 7.46. The lowest BCUT2D eigenvalue weighted by atomic mass is 10.0. The molecule has 1 unspecified atom stereocenters. The largest absolute Gasteiger partial charge is 0.396 e. The molecule has 0 spiro atoms. The number of aliphatic hydroxyl groups excluding tert-OH is 1. The number of nitrogens with one attached hydrogen (secondary N) is 1. The zero-order chi connectivity index (χ0) is 11.8. The number of rotatable bonds is 7. The molecule has 5 heteroatoms. The van der Waals surface area contributed by atoms with Crippen LogP contribution in [0.2, 0.25) is 0 Å². The van der Waals surface area contributed by atoms with E-state index in [2.05, 4.69) is 22.2 Å². The summed E-state index contributed by atoms with van der Waals surface area (Å²) in [4.78, 5) is 8.27. The van der Waals surface area contributed by atoms with Crippen LogP contribution in [0.25, 0.3) is 0 Å². The molecular weight excluding hydrogens is 222 g/mol. The van der Waals surface area contributed by atoms with Crippen LogP contribution in [0, 0.1) is 5.92 Å². The second-order valence-electron chi connectivity index (χ2n) is 3.61. The van der Waals surface area contributed by atoms with E-state index in [-0.39, 0.29) is 6.61 Å². The topological polar surface area (TPSA) is 58.0 Å². The van der Waals surface area contributed by atoms with Gasteiger partial charge in [-0.2, -0.15) is 0 Å². The molecule has 1 aromatic rings. The van der Waals surface area contributed by atoms with Crippen LogP contribution in [0.1, 0.15) is 19.8 Å². The van der Waals surface area contributed by atoms with Crippen molar-refractivity contribution in [3.05, 3.63) is 12.4 Å². The summed E-state index contributed by atoms with van der Waals surface area (Å²) < 4.78 is 0. The zero-order valence-corrected chi connectivity index (χ0v) is 10.6. The van der Waals surface area contributed by atoms with E-state index < -0.39 is 0 Å². The summed E-state index contributed by atoms with van der Waals surface area (Å²) in [5.74, 6) is 1.36. The van der Waals surface area contributed by atoms with E-state index in [1.165, 1.54) is 0 Å². The molecule has 90 valence electrons. The van der Waals surface area contributed by atoms with Crippen LogP contribution in [0.3, 0.4) is 0 Å². The van der Waals surface area contributed by atoms with E-state index in [4.69, 9.17) is 5.11 Å². The normalized spacial score (nSPS) is 12.4. The molecule has 0 amide bonds. The lowest BCUT2D eigenvalue weighted by molar-refractivity contribution is 0.258. The summed E-state index contributed by atoms with van der Waals surface area (Å²) >= 11 is 1.60. The highest BCUT2D eigenvalue weighted by Gasteiger charge is 2.05.